The van der Waals surface area contributed by atoms with Gasteiger partial charge in [0.05, 0.1) is 0 Å². The van der Waals surface area contributed by atoms with Crippen molar-refractivity contribution in [1.29, 1.82) is 0 Å². The van der Waals surface area contributed by atoms with Crippen LogP contribution in [0.25, 0.3) is 0 Å². The van der Waals surface area contributed by atoms with Gasteiger partial charge in [-0.1, -0.05) is 152 Å². The van der Waals surface area contributed by atoms with Crippen LogP contribution in [0.2, 0.25) is 15.8 Å². The summed E-state index contributed by atoms with van der Waals surface area (Å²) in [6.07, 6.45) is 26.7. The molecule has 0 aliphatic carbocycles. The van der Waals surface area contributed by atoms with Crippen molar-refractivity contribution < 1.29 is 71.3 Å². The average molecular weight is 556 g/mol. The molecule has 6 heteroatoms. The summed E-state index contributed by atoms with van der Waals surface area (Å²) >= 11 is -0.410. The van der Waals surface area contributed by atoms with E-state index in [0.29, 0.717) is 0 Å². The van der Waals surface area contributed by atoms with Gasteiger partial charge in [0.25, 0.3) is 14.1 Å². The molecule has 0 aromatic heterocycles. The summed E-state index contributed by atoms with van der Waals surface area (Å²) < 4.78 is 0. The zero-order valence-corrected chi connectivity index (χ0v) is 26.2. The Labute approximate surface area is 236 Å². The Morgan fingerprint density at radius 1 is 0.333 bits per heavy atom. The molecule has 0 heterocycles. The zero-order valence-electron chi connectivity index (χ0n) is 20.4. The molecule has 0 bridgehead atoms. The summed E-state index contributed by atoms with van der Waals surface area (Å²) in [6.45, 7) is 6.97. The standard InChI is InChI=1S/3C8H17.Al.4ClH.Ti/c3*1-3-5-7-8-6-4-2;;;;;;/h3*1,3-8H2,2H3;;4*1H;/q;;;;;;;;+4/p-4. The van der Waals surface area contributed by atoms with Crippen molar-refractivity contribution in [2.75, 3.05) is 0 Å². The molecule has 0 fully saturated rings. The largest absolute Gasteiger partial charge is 4.00 e. The van der Waals surface area contributed by atoms with Crippen molar-refractivity contribution in [2.45, 2.75) is 152 Å². The molecule has 0 saturated heterocycles. The van der Waals surface area contributed by atoms with E-state index in [1.807, 2.05) is 0 Å². The second-order valence-corrected chi connectivity index (χ2v) is 12.0. The van der Waals surface area contributed by atoms with Crippen LogP contribution in [0.4, 0.5) is 0 Å². The van der Waals surface area contributed by atoms with Gasteiger partial charge in [0.1, 0.15) is 0 Å². The van der Waals surface area contributed by atoms with Crippen LogP contribution in [0.1, 0.15) is 136 Å². The number of rotatable bonds is 21. The van der Waals surface area contributed by atoms with Crippen LogP contribution in [-0.2, 0) is 21.7 Å². The monoisotopic (exact) mass is 554 g/mol. The van der Waals surface area contributed by atoms with E-state index >= 15 is 0 Å². The summed E-state index contributed by atoms with van der Waals surface area (Å²) in [5.74, 6) is 0. The van der Waals surface area contributed by atoms with Crippen molar-refractivity contribution in [3.05, 3.63) is 0 Å². The molecule has 0 unspecified atom stereocenters. The summed E-state index contributed by atoms with van der Waals surface area (Å²) in [5, 5.41) is 4.99. The van der Waals surface area contributed by atoms with Gasteiger partial charge in [-0.25, -0.2) is 0 Å². The molecule has 0 radical (unpaired) electrons. The van der Waals surface area contributed by atoms with E-state index < -0.39 is 14.1 Å². The summed E-state index contributed by atoms with van der Waals surface area (Å²) in [7, 11) is 0. The predicted molar refractivity (Wildman–Crippen MR) is 120 cm³/mol. The smallest absolute Gasteiger partial charge is 1.00 e. The molecular weight excluding hydrogens is 505 g/mol. The first kappa shape index (κ1) is 45.8. The number of unbranched alkanes of at least 4 members (excludes halogenated alkanes) is 15. The minimum absolute atomic E-state index is 0. The van der Waals surface area contributed by atoms with E-state index in [0.717, 1.165) is 0 Å². The van der Waals surface area contributed by atoms with E-state index in [2.05, 4.69) is 20.8 Å². The Kier molecular flexibility index (Phi) is 63.6. The third-order valence-corrected chi connectivity index (χ3v) is 9.57. The van der Waals surface area contributed by atoms with Crippen molar-refractivity contribution >= 4 is 14.1 Å². The van der Waals surface area contributed by atoms with Gasteiger partial charge >= 0.3 is 21.7 Å². The Balaban J connectivity index is -0.000000288. The molecule has 0 nitrogen and oxygen atoms in total. The Bertz CT molecular complexity index is 211. The molecule has 0 aromatic rings. The first-order chi connectivity index (χ1) is 12.3. The van der Waals surface area contributed by atoms with Gasteiger partial charge in [-0.2, -0.15) is 0 Å². The average Bonchev–Trinajstić information content (AvgIpc) is 2.63. The third kappa shape index (κ3) is 37.7. The van der Waals surface area contributed by atoms with Crippen molar-refractivity contribution in [1.82, 2.24) is 0 Å². The van der Waals surface area contributed by atoms with Gasteiger partial charge in [0, 0.05) is 0 Å². The van der Waals surface area contributed by atoms with Crippen molar-refractivity contribution in [3.8, 4) is 0 Å². The molecular formula is C24H51AlCl4Ti. The zero-order chi connectivity index (χ0) is 18.4. The fourth-order valence-electron chi connectivity index (χ4n) is 4.07. The minimum atomic E-state index is -0.410. The topological polar surface area (TPSA) is 0 Å². The maximum atomic E-state index is 2.32. The normalized spacial score (nSPS) is 9.30. The van der Waals surface area contributed by atoms with E-state index in [1.54, 1.807) is 35.1 Å². The summed E-state index contributed by atoms with van der Waals surface area (Å²) in [4.78, 5) is 0. The second-order valence-electron chi connectivity index (χ2n) is 8.54. The molecule has 0 aliphatic heterocycles. The van der Waals surface area contributed by atoms with Crippen LogP contribution in [0.15, 0.2) is 0 Å². The quantitative estimate of drug-likeness (QED) is 0.109. The van der Waals surface area contributed by atoms with E-state index in [9.17, 15) is 0 Å². The first-order valence-corrected chi connectivity index (χ1v) is 14.8. The van der Waals surface area contributed by atoms with Crippen LogP contribution in [-0.4, -0.2) is 14.1 Å². The molecule has 0 aliphatic rings. The van der Waals surface area contributed by atoms with Crippen LogP contribution < -0.4 is 49.6 Å². The SMILES string of the molecule is CCCCCCC[CH2][Al]([CH2]CCCCCCC)[CH2]CCCCCCC.[Cl-].[Cl-].[Cl-].[Cl-].[Ti+4]. The first-order valence-electron chi connectivity index (χ1n) is 12.3. The van der Waals surface area contributed by atoms with Gasteiger partial charge in [0.15, 0.2) is 0 Å². The fourth-order valence-corrected chi connectivity index (χ4v) is 7.54. The molecule has 0 rings (SSSR count). The number of hydrogen-bond acceptors (Lipinski definition) is 0. The van der Waals surface area contributed by atoms with E-state index in [4.69, 9.17) is 0 Å². The van der Waals surface area contributed by atoms with Crippen LogP contribution in [0, 0.1) is 0 Å². The van der Waals surface area contributed by atoms with E-state index in [-0.39, 0.29) is 71.3 Å². The number of halogens is 4. The van der Waals surface area contributed by atoms with Crippen LogP contribution in [0.5, 0.6) is 0 Å². The van der Waals surface area contributed by atoms with Gasteiger partial charge in [-0.3, -0.25) is 0 Å². The Morgan fingerprint density at radius 3 is 0.767 bits per heavy atom. The molecule has 0 aromatic carbocycles. The minimum Gasteiger partial charge on any atom is -1.00 e. The molecule has 0 saturated carbocycles. The van der Waals surface area contributed by atoms with Gasteiger partial charge in [-0.15, -0.1) is 0 Å². The second kappa shape index (κ2) is 41.6. The third-order valence-electron chi connectivity index (χ3n) is 5.90. The van der Waals surface area contributed by atoms with Gasteiger partial charge in [-0.05, 0) is 0 Å². The summed E-state index contributed by atoms with van der Waals surface area (Å²) in [5.41, 5.74) is 0. The molecule has 30 heavy (non-hydrogen) atoms. The molecule has 0 spiro atoms. The summed E-state index contributed by atoms with van der Waals surface area (Å²) in [6, 6.07) is 0. The number of hydrogen-bond donors (Lipinski definition) is 0. The predicted octanol–water partition coefficient (Wildman–Crippen LogP) is -2.42. The maximum Gasteiger partial charge on any atom is 4.00 e. The molecule has 0 atom stereocenters. The van der Waals surface area contributed by atoms with Crippen LogP contribution in [0.3, 0.4) is 0 Å². The van der Waals surface area contributed by atoms with Crippen molar-refractivity contribution in [3.63, 3.8) is 0 Å². The van der Waals surface area contributed by atoms with E-state index in [1.165, 1.54) is 96.3 Å². The maximum absolute atomic E-state index is 2.32. The van der Waals surface area contributed by atoms with Crippen LogP contribution >= 0.6 is 0 Å². The van der Waals surface area contributed by atoms with Gasteiger partial charge < -0.3 is 49.6 Å². The Morgan fingerprint density at radius 2 is 0.533 bits per heavy atom. The fraction of sp³-hybridized carbons (Fsp3) is 1.00. The molecule has 0 amide bonds. The molecule has 182 valence electrons. The Hall–Kier alpha value is 2.41. The van der Waals surface area contributed by atoms with Gasteiger partial charge in [0.2, 0.25) is 0 Å². The van der Waals surface area contributed by atoms with Crippen molar-refractivity contribution in [2.24, 2.45) is 0 Å². The molecule has 0 N–H and O–H groups in total.